The molecule has 5 heteroatoms. The third kappa shape index (κ3) is 11.8. The molecule has 43 heavy (non-hydrogen) atoms. The molecule has 0 saturated heterocycles. The van der Waals surface area contributed by atoms with E-state index in [0.29, 0.717) is 13.0 Å². The number of ketones is 2. The third-order valence-electron chi connectivity index (χ3n) is 10.7. The molecule has 2 amide bonds. The van der Waals surface area contributed by atoms with Gasteiger partial charge in [-0.1, -0.05) is 117 Å². The highest BCUT2D eigenvalue weighted by Crippen LogP contribution is 2.47. The Labute approximate surface area is 262 Å². The molecule has 242 valence electrons. The number of allylic oxidation sites excluding steroid dienone is 2. The van der Waals surface area contributed by atoms with Crippen LogP contribution < -0.4 is 0 Å². The van der Waals surface area contributed by atoms with Gasteiger partial charge in [0.2, 0.25) is 0 Å². The van der Waals surface area contributed by atoms with Crippen molar-refractivity contribution >= 4 is 23.4 Å². The molecule has 4 unspecified atom stereocenters. The first-order valence-electron chi connectivity index (χ1n) is 18.3. The molecule has 3 rings (SSSR count). The fourth-order valence-electron chi connectivity index (χ4n) is 8.22. The summed E-state index contributed by atoms with van der Waals surface area (Å²) < 4.78 is 0. The van der Waals surface area contributed by atoms with Crippen molar-refractivity contribution < 1.29 is 19.2 Å². The van der Waals surface area contributed by atoms with Crippen LogP contribution in [0, 0.1) is 29.6 Å². The zero-order valence-corrected chi connectivity index (χ0v) is 27.5. The highest BCUT2D eigenvalue weighted by Gasteiger charge is 2.38. The molecular weight excluding hydrogens is 534 g/mol. The summed E-state index contributed by atoms with van der Waals surface area (Å²) in [7, 11) is 0. The largest absolute Gasteiger partial charge is 0.294 e. The summed E-state index contributed by atoms with van der Waals surface area (Å²) >= 11 is 0. The number of nitrogens with zero attached hydrogens (tertiary/aromatic N) is 1. The Morgan fingerprint density at radius 1 is 0.512 bits per heavy atom. The molecule has 0 aromatic rings. The van der Waals surface area contributed by atoms with Gasteiger partial charge in [0, 0.05) is 18.7 Å². The Kier molecular flexibility index (Phi) is 16.5. The Morgan fingerprint density at radius 3 is 1.49 bits per heavy atom. The number of rotatable bonds is 23. The molecule has 0 N–H and O–H groups in total. The van der Waals surface area contributed by atoms with Crippen LogP contribution >= 0.6 is 0 Å². The zero-order valence-electron chi connectivity index (χ0n) is 27.5. The Morgan fingerprint density at radius 2 is 0.930 bits per heavy atom. The van der Waals surface area contributed by atoms with Gasteiger partial charge >= 0.3 is 0 Å². The van der Waals surface area contributed by atoms with Crippen molar-refractivity contribution in [1.29, 1.82) is 0 Å². The van der Waals surface area contributed by atoms with Crippen LogP contribution in [0.25, 0.3) is 0 Å². The van der Waals surface area contributed by atoms with Gasteiger partial charge in [-0.2, -0.15) is 0 Å². The van der Waals surface area contributed by atoms with Crippen LogP contribution in [0.2, 0.25) is 0 Å². The second-order valence-electron chi connectivity index (χ2n) is 13.8. The maximum atomic E-state index is 12.0. The summed E-state index contributed by atoms with van der Waals surface area (Å²) in [5, 5.41) is 0. The molecule has 1 saturated carbocycles. The first-order valence-corrected chi connectivity index (χ1v) is 18.3. The summed E-state index contributed by atoms with van der Waals surface area (Å²) in [6.07, 6.45) is 33.1. The predicted octanol–water partition coefficient (Wildman–Crippen LogP) is 9.34. The topological polar surface area (TPSA) is 71.5 Å². The van der Waals surface area contributed by atoms with Crippen LogP contribution in [-0.4, -0.2) is 34.8 Å². The quantitative estimate of drug-likeness (QED) is 0.0670. The van der Waals surface area contributed by atoms with Crippen LogP contribution in [0.15, 0.2) is 24.3 Å². The highest BCUT2D eigenvalue weighted by molar-refractivity contribution is 6.18. The van der Waals surface area contributed by atoms with Gasteiger partial charge < -0.3 is 0 Å². The number of carbonyl (C=O) groups excluding carboxylic acids is 4. The molecular formula is C38H61NO4. The Balaban J connectivity index is 1.52. The van der Waals surface area contributed by atoms with Gasteiger partial charge in [0.15, 0.2) is 11.6 Å². The van der Waals surface area contributed by atoms with Crippen LogP contribution in [0.4, 0.5) is 0 Å². The van der Waals surface area contributed by atoms with E-state index in [9.17, 15) is 19.2 Å². The minimum Gasteiger partial charge on any atom is -0.294 e. The lowest BCUT2D eigenvalue weighted by molar-refractivity contribution is -0.137. The minimum atomic E-state index is -0.403. The number of amides is 2. The predicted molar refractivity (Wildman–Crippen MR) is 175 cm³/mol. The van der Waals surface area contributed by atoms with Gasteiger partial charge in [0.05, 0.1) is 5.92 Å². The molecule has 0 radical (unpaired) electrons. The fourth-order valence-corrected chi connectivity index (χ4v) is 8.22. The number of imide groups is 1. The third-order valence-corrected chi connectivity index (χ3v) is 10.7. The average molecular weight is 596 g/mol. The van der Waals surface area contributed by atoms with E-state index in [4.69, 9.17) is 0 Å². The molecule has 5 nitrogen and oxygen atoms in total. The van der Waals surface area contributed by atoms with Gasteiger partial charge in [-0.3, -0.25) is 24.1 Å². The summed E-state index contributed by atoms with van der Waals surface area (Å²) in [5.74, 6) is 2.60. The van der Waals surface area contributed by atoms with Crippen molar-refractivity contribution in [3.05, 3.63) is 24.3 Å². The van der Waals surface area contributed by atoms with Gasteiger partial charge in [-0.15, -0.1) is 0 Å². The second-order valence-corrected chi connectivity index (χ2v) is 13.8. The van der Waals surface area contributed by atoms with Crippen LogP contribution in [0.1, 0.15) is 155 Å². The number of unbranched alkanes of at least 4 members (excludes halogenated alkanes) is 11. The smallest absolute Gasteiger partial charge is 0.253 e. The van der Waals surface area contributed by atoms with Gasteiger partial charge in [-0.25, -0.2) is 0 Å². The normalized spacial score (nSPS) is 24.3. The van der Waals surface area contributed by atoms with E-state index in [0.717, 1.165) is 49.4 Å². The molecule has 1 fully saturated rings. The van der Waals surface area contributed by atoms with Crippen molar-refractivity contribution in [1.82, 2.24) is 4.90 Å². The number of hydrogen-bond donors (Lipinski definition) is 0. The molecule has 3 aliphatic rings. The maximum Gasteiger partial charge on any atom is 0.253 e. The van der Waals surface area contributed by atoms with E-state index in [-0.39, 0.29) is 23.4 Å². The molecule has 1 heterocycles. The second kappa shape index (κ2) is 20.1. The number of hydrogen-bond acceptors (Lipinski definition) is 4. The first kappa shape index (κ1) is 35.4. The van der Waals surface area contributed by atoms with E-state index in [1.165, 1.54) is 138 Å². The van der Waals surface area contributed by atoms with E-state index in [2.05, 4.69) is 13.8 Å². The molecule has 0 spiro atoms. The summed E-state index contributed by atoms with van der Waals surface area (Å²) in [4.78, 5) is 49.0. The highest BCUT2D eigenvalue weighted by atomic mass is 16.2. The minimum absolute atomic E-state index is 0.00501. The standard InChI is InChI=1S/C38H61NO4/c1-3-5-7-8-13-18-30-23-24-31(19-14-9-10-17-29-39-37(42)27-28-38(39)43)33(32(30)20-12-6-4-2)21-15-11-16-22-34-35(40)25-26-36(34)41/h25-28,30-34H,3-24,29H2,1-2H3. The lowest BCUT2D eigenvalue weighted by atomic mass is 9.61. The lowest BCUT2D eigenvalue weighted by Crippen LogP contribution is -2.35. The molecule has 0 aromatic carbocycles. The summed E-state index contributed by atoms with van der Waals surface area (Å²) in [5.41, 5.74) is 0. The van der Waals surface area contributed by atoms with Crippen molar-refractivity contribution in [2.24, 2.45) is 29.6 Å². The lowest BCUT2D eigenvalue weighted by Gasteiger charge is -2.44. The molecule has 0 aromatic heterocycles. The van der Waals surface area contributed by atoms with Crippen LogP contribution in [0.5, 0.6) is 0 Å². The Hall–Kier alpha value is -2.04. The summed E-state index contributed by atoms with van der Waals surface area (Å²) in [6.45, 7) is 5.15. The van der Waals surface area contributed by atoms with Crippen LogP contribution in [-0.2, 0) is 19.2 Å². The molecule has 4 atom stereocenters. The number of carbonyl (C=O) groups is 4. The van der Waals surface area contributed by atoms with Crippen molar-refractivity contribution in [3.63, 3.8) is 0 Å². The van der Waals surface area contributed by atoms with E-state index in [1.54, 1.807) is 0 Å². The van der Waals surface area contributed by atoms with Crippen molar-refractivity contribution in [2.75, 3.05) is 6.54 Å². The molecule has 0 bridgehead atoms. The fraction of sp³-hybridized carbons (Fsp3) is 0.789. The van der Waals surface area contributed by atoms with E-state index < -0.39 is 5.92 Å². The van der Waals surface area contributed by atoms with Crippen molar-refractivity contribution in [3.8, 4) is 0 Å². The van der Waals surface area contributed by atoms with E-state index in [1.807, 2.05) is 0 Å². The van der Waals surface area contributed by atoms with Gasteiger partial charge in [0.1, 0.15) is 0 Å². The molecule has 1 aliphatic heterocycles. The van der Waals surface area contributed by atoms with Gasteiger partial charge in [-0.05, 0) is 74.3 Å². The average Bonchev–Trinajstić information content (AvgIpc) is 3.50. The van der Waals surface area contributed by atoms with Crippen molar-refractivity contribution in [2.45, 2.75) is 155 Å². The maximum absolute atomic E-state index is 12.0. The SMILES string of the molecule is CCCCCCCC1CCC(CCCCCCN2C(=O)C=CC2=O)C(CCCCCC2C(=O)C=CC2=O)C1CCCCC. The monoisotopic (exact) mass is 595 g/mol. The van der Waals surface area contributed by atoms with E-state index >= 15 is 0 Å². The zero-order chi connectivity index (χ0) is 30.9. The Bertz CT molecular complexity index is 900. The van der Waals surface area contributed by atoms with Crippen LogP contribution in [0.3, 0.4) is 0 Å². The summed E-state index contributed by atoms with van der Waals surface area (Å²) in [6, 6.07) is 0. The van der Waals surface area contributed by atoms with Gasteiger partial charge in [0.25, 0.3) is 11.8 Å². The molecule has 2 aliphatic carbocycles. The first-order chi connectivity index (χ1) is 21.0.